The van der Waals surface area contributed by atoms with Gasteiger partial charge in [0.05, 0.1) is 5.69 Å². The quantitative estimate of drug-likeness (QED) is 0.694. The molecule has 2 heteroatoms. The molecule has 0 saturated heterocycles. The zero-order valence-electron chi connectivity index (χ0n) is 11.8. The molecular formula is C15H26NP. The van der Waals surface area contributed by atoms with Crippen molar-refractivity contribution in [3.63, 3.8) is 0 Å². The second kappa shape index (κ2) is 13.1. The molecule has 0 aliphatic heterocycles. The van der Waals surface area contributed by atoms with Crippen LogP contribution < -0.4 is 5.30 Å². The highest BCUT2D eigenvalue weighted by Gasteiger charge is 1.95. The minimum Gasteiger partial charge on any atom is -0.256 e. The third-order valence-electron chi connectivity index (χ3n) is 1.51. The maximum atomic E-state index is 4.23. The van der Waals surface area contributed by atoms with Crippen LogP contribution in [0.3, 0.4) is 0 Å². The molecule has 0 radical (unpaired) electrons. The first-order chi connectivity index (χ1) is 8.19. The molecule has 1 nitrogen and oxygen atoms in total. The van der Waals surface area contributed by atoms with E-state index in [9.17, 15) is 0 Å². The summed E-state index contributed by atoms with van der Waals surface area (Å²) in [5, 5.41) is 1.09. The fourth-order valence-corrected chi connectivity index (χ4v) is 1.25. The summed E-state index contributed by atoms with van der Waals surface area (Å²) < 4.78 is 0. The van der Waals surface area contributed by atoms with Crippen molar-refractivity contribution in [3.05, 3.63) is 36.2 Å². The highest BCUT2D eigenvalue weighted by molar-refractivity contribution is 7.27. The molecule has 0 aliphatic carbocycles. The number of nitrogens with zero attached hydrogens (tertiary/aromatic N) is 1. The molecule has 1 heterocycles. The Morgan fingerprint density at radius 1 is 1.35 bits per heavy atom. The van der Waals surface area contributed by atoms with Gasteiger partial charge in [-0.25, -0.2) is 0 Å². The summed E-state index contributed by atoms with van der Waals surface area (Å²) in [6, 6.07) is 2.06. The SMILES string of the molecule is C=Cc1ncc(P)cc1/C=C\C.CC.CCC. The molecule has 1 aromatic heterocycles. The Labute approximate surface area is 109 Å². The second-order valence-corrected chi connectivity index (χ2v) is 3.82. The standard InChI is InChI=1S/C10H12NP.C3H8.C2H6/c1-3-5-8-6-9(12)7-11-10(8)4-2;1-3-2;1-2/h3-7H,2,12H2,1H3;3H2,1-2H3;1-2H3/b5-3-;;. The van der Waals surface area contributed by atoms with Gasteiger partial charge in [-0.1, -0.05) is 52.8 Å². The van der Waals surface area contributed by atoms with Gasteiger partial charge in [0, 0.05) is 11.8 Å². The number of pyridine rings is 1. The van der Waals surface area contributed by atoms with Crippen molar-refractivity contribution in [3.8, 4) is 0 Å². The van der Waals surface area contributed by atoms with E-state index in [0.717, 1.165) is 16.6 Å². The van der Waals surface area contributed by atoms with Crippen molar-refractivity contribution >= 4 is 26.7 Å². The molecule has 96 valence electrons. The molecule has 0 aromatic carbocycles. The summed E-state index contributed by atoms with van der Waals surface area (Å²) in [6.07, 6.45) is 8.85. The van der Waals surface area contributed by atoms with Crippen molar-refractivity contribution in [1.29, 1.82) is 0 Å². The fraction of sp³-hybridized carbons (Fsp3) is 0.400. The maximum Gasteiger partial charge on any atom is 0.0696 e. The third-order valence-corrected chi connectivity index (χ3v) is 1.83. The average molecular weight is 251 g/mol. The number of rotatable bonds is 2. The summed E-state index contributed by atoms with van der Waals surface area (Å²) in [5.41, 5.74) is 2.04. The van der Waals surface area contributed by atoms with Crippen LogP contribution >= 0.6 is 9.24 Å². The Morgan fingerprint density at radius 3 is 2.29 bits per heavy atom. The number of allylic oxidation sites excluding steroid dienone is 1. The predicted octanol–water partition coefficient (Wildman–Crippen LogP) is 4.70. The average Bonchev–Trinajstić information content (AvgIpc) is 2.33. The van der Waals surface area contributed by atoms with Gasteiger partial charge in [-0.05, 0) is 24.4 Å². The molecule has 1 rings (SSSR count). The summed E-state index contributed by atoms with van der Waals surface area (Å²) in [6.45, 7) is 13.9. The highest BCUT2D eigenvalue weighted by atomic mass is 31.0. The van der Waals surface area contributed by atoms with Crippen LogP contribution in [0.25, 0.3) is 12.2 Å². The van der Waals surface area contributed by atoms with Crippen LogP contribution in [0, 0.1) is 0 Å². The number of hydrogen-bond donors (Lipinski definition) is 0. The van der Waals surface area contributed by atoms with E-state index in [1.54, 1.807) is 6.08 Å². The molecule has 1 aromatic rings. The van der Waals surface area contributed by atoms with Crippen molar-refractivity contribution in [2.75, 3.05) is 0 Å². The van der Waals surface area contributed by atoms with E-state index in [-0.39, 0.29) is 0 Å². The van der Waals surface area contributed by atoms with E-state index in [1.807, 2.05) is 39.1 Å². The zero-order chi connectivity index (χ0) is 13.7. The van der Waals surface area contributed by atoms with Gasteiger partial charge in [0.15, 0.2) is 0 Å². The highest BCUT2D eigenvalue weighted by Crippen LogP contribution is 2.08. The van der Waals surface area contributed by atoms with Crippen molar-refractivity contribution < 1.29 is 0 Å². The Hall–Kier alpha value is -0.940. The van der Waals surface area contributed by atoms with E-state index < -0.39 is 0 Å². The lowest BCUT2D eigenvalue weighted by molar-refractivity contribution is 1.09. The molecule has 0 bridgehead atoms. The summed E-state index contributed by atoms with van der Waals surface area (Å²) in [5.74, 6) is 0. The van der Waals surface area contributed by atoms with Gasteiger partial charge < -0.3 is 0 Å². The smallest absolute Gasteiger partial charge is 0.0696 e. The van der Waals surface area contributed by atoms with Gasteiger partial charge in [0.25, 0.3) is 0 Å². The molecule has 1 atom stereocenters. The van der Waals surface area contributed by atoms with Gasteiger partial charge in [-0.3, -0.25) is 4.98 Å². The number of aromatic nitrogens is 1. The minimum absolute atomic E-state index is 0.930. The zero-order valence-corrected chi connectivity index (χ0v) is 13.0. The lowest BCUT2D eigenvalue weighted by Crippen LogP contribution is -1.96. The third kappa shape index (κ3) is 8.83. The first kappa shape index (κ1) is 18.4. The molecule has 0 spiro atoms. The molecule has 0 saturated carbocycles. The topological polar surface area (TPSA) is 12.9 Å². The van der Waals surface area contributed by atoms with Crippen LogP contribution in [0.2, 0.25) is 0 Å². The van der Waals surface area contributed by atoms with Crippen LogP contribution in [-0.4, -0.2) is 4.98 Å². The summed E-state index contributed by atoms with van der Waals surface area (Å²) in [7, 11) is 2.63. The predicted molar refractivity (Wildman–Crippen MR) is 85.7 cm³/mol. The van der Waals surface area contributed by atoms with Gasteiger partial charge >= 0.3 is 0 Å². The largest absolute Gasteiger partial charge is 0.256 e. The number of hydrogen-bond acceptors (Lipinski definition) is 1. The van der Waals surface area contributed by atoms with Crippen LogP contribution in [0.5, 0.6) is 0 Å². The van der Waals surface area contributed by atoms with Crippen LogP contribution in [0.15, 0.2) is 24.9 Å². The molecule has 0 aliphatic rings. The van der Waals surface area contributed by atoms with Crippen molar-refractivity contribution in [2.45, 2.75) is 41.0 Å². The first-order valence-electron chi connectivity index (χ1n) is 6.20. The fourth-order valence-electron chi connectivity index (χ4n) is 0.993. The van der Waals surface area contributed by atoms with Crippen LogP contribution in [0.4, 0.5) is 0 Å². The van der Waals surface area contributed by atoms with Crippen LogP contribution in [0.1, 0.15) is 52.3 Å². The first-order valence-corrected chi connectivity index (χ1v) is 6.77. The molecule has 0 fully saturated rings. The Morgan fingerprint density at radius 2 is 1.88 bits per heavy atom. The van der Waals surface area contributed by atoms with E-state index in [1.165, 1.54) is 6.42 Å². The van der Waals surface area contributed by atoms with Crippen LogP contribution in [-0.2, 0) is 0 Å². The Bertz CT molecular complexity index is 330. The normalized spacial score (nSPS) is 8.82. The Balaban J connectivity index is 0. The van der Waals surface area contributed by atoms with Gasteiger partial charge in [0.1, 0.15) is 0 Å². The van der Waals surface area contributed by atoms with Crippen molar-refractivity contribution in [1.82, 2.24) is 4.98 Å². The minimum atomic E-state index is 0.930. The van der Waals surface area contributed by atoms with E-state index >= 15 is 0 Å². The molecule has 0 N–H and O–H groups in total. The van der Waals surface area contributed by atoms with E-state index in [0.29, 0.717) is 0 Å². The molecular weight excluding hydrogens is 225 g/mol. The van der Waals surface area contributed by atoms with Gasteiger partial charge in [0.2, 0.25) is 0 Å². The monoisotopic (exact) mass is 251 g/mol. The lowest BCUT2D eigenvalue weighted by Gasteiger charge is -2.00. The summed E-state index contributed by atoms with van der Waals surface area (Å²) >= 11 is 0. The van der Waals surface area contributed by atoms with E-state index in [2.05, 4.69) is 40.7 Å². The van der Waals surface area contributed by atoms with Gasteiger partial charge in [-0.15, -0.1) is 9.24 Å². The van der Waals surface area contributed by atoms with E-state index in [4.69, 9.17) is 0 Å². The Kier molecular flexibility index (Phi) is 14.2. The molecule has 0 amide bonds. The molecule has 1 unspecified atom stereocenters. The van der Waals surface area contributed by atoms with Gasteiger partial charge in [-0.2, -0.15) is 0 Å². The second-order valence-electron chi connectivity index (χ2n) is 3.15. The summed E-state index contributed by atoms with van der Waals surface area (Å²) in [4.78, 5) is 4.23. The maximum absolute atomic E-state index is 4.23. The van der Waals surface area contributed by atoms with Crippen molar-refractivity contribution in [2.24, 2.45) is 0 Å². The lowest BCUT2D eigenvalue weighted by atomic mass is 10.2. The molecule has 17 heavy (non-hydrogen) atoms.